The molecule has 0 spiro atoms. The van der Waals surface area contributed by atoms with Crippen LogP contribution in [-0.2, 0) is 0 Å². The number of imidazole rings is 1. The van der Waals surface area contributed by atoms with Crippen molar-refractivity contribution in [3.8, 4) is 11.4 Å². The van der Waals surface area contributed by atoms with Gasteiger partial charge in [0.15, 0.2) is 5.82 Å². The smallest absolute Gasteiger partial charge is 0.249 e. The number of nitrogens with zero attached hydrogens (tertiary/aromatic N) is 7. The predicted octanol–water partition coefficient (Wildman–Crippen LogP) is 3.06. The van der Waals surface area contributed by atoms with Gasteiger partial charge in [-0.3, -0.25) is 0 Å². The van der Waals surface area contributed by atoms with Crippen LogP contribution in [0.15, 0.2) is 29.3 Å². The SMILES string of the molecule is CC(C)c1noc([C@@H](C)n2ccnc2-c2cnc(N3CCCC3)nc2)n1. The van der Waals surface area contributed by atoms with E-state index in [-0.39, 0.29) is 12.0 Å². The average Bonchev–Trinajstić information content (AvgIpc) is 3.42. The first kappa shape index (κ1) is 16.7. The molecule has 0 amide bonds. The highest BCUT2D eigenvalue weighted by Crippen LogP contribution is 2.25. The molecular formula is C18H23N7O. The van der Waals surface area contributed by atoms with Crippen molar-refractivity contribution in [3.63, 3.8) is 0 Å². The van der Waals surface area contributed by atoms with Gasteiger partial charge in [-0.25, -0.2) is 15.0 Å². The third-order valence-electron chi connectivity index (χ3n) is 4.70. The molecule has 1 aliphatic rings. The van der Waals surface area contributed by atoms with E-state index < -0.39 is 0 Å². The third kappa shape index (κ3) is 3.07. The molecule has 8 heteroatoms. The van der Waals surface area contributed by atoms with E-state index in [9.17, 15) is 0 Å². The summed E-state index contributed by atoms with van der Waals surface area (Å²) in [7, 11) is 0. The largest absolute Gasteiger partial charge is 0.341 e. The van der Waals surface area contributed by atoms with Gasteiger partial charge < -0.3 is 14.0 Å². The highest BCUT2D eigenvalue weighted by atomic mass is 16.5. The van der Waals surface area contributed by atoms with Crippen molar-refractivity contribution >= 4 is 5.95 Å². The molecule has 1 fully saturated rings. The topological polar surface area (TPSA) is 85.8 Å². The molecule has 136 valence electrons. The quantitative estimate of drug-likeness (QED) is 0.697. The van der Waals surface area contributed by atoms with Gasteiger partial charge in [0.05, 0.1) is 5.56 Å². The summed E-state index contributed by atoms with van der Waals surface area (Å²) in [6.07, 6.45) is 9.75. The van der Waals surface area contributed by atoms with Gasteiger partial charge in [0, 0.05) is 43.8 Å². The molecule has 0 N–H and O–H groups in total. The Bertz CT molecular complexity index is 862. The molecule has 0 aliphatic carbocycles. The Balaban J connectivity index is 1.59. The average molecular weight is 353 g/mol. The van der Waals surface area contributed by atoms with E-state index in [0.29, 0.717) is 11.7 Å². The molecule has 0 aromatic carbocycles. The van der Waals surface area contributed by atoms with Crippen LogP contribution in [0.5, 0.6) is 0 Å². The first-order valence-electron chi connectivity index (χ1n) is 9.07. The normalized spacial score (nSPS) is 15.8. The second-order valence-corrected chi connectivity index (χ2v) is 6.95. The first-order chi connectivity index (χ1) is 12.6. The summed E-state index contributed by atoms with van der Waals surface area (Å²) >= 11 is 0. The molecule has 4 heterocycles. The minimum absolute atomic E-state index is 0.120. The van der Waals surface area contributed by atoms with Gasteiger partial charge in [0.1, 0.15) is 11.9 Å². The number of hydrogen-bond acceptors (Lipinski definition) is 7. The minimum atomic E-state index is -0.120. The molecule has 1 atom stereocenters. The number of aromatic nitrogens is 6. The van der Waals surface area contributed by atoms with Crippen LogP contribution in [-0.4, -0.2) is 42.7 Å². The fraction of sp³-hybridized carbons (Fsp3) is 0.500. The van der Waals surface area contributed by atoms with Gasteiger partial charge in [-0.15, -0.1) is 0 Å². The zero-order valence-corrected chi connectivity index (χ0v) is 15.3. The zero-order chi connectivity index (χ0) is 18.1. The molecule has 0 radical (unpaired) electrons. The highest BCUT2D eigenvalue weighted by Gasteiger charge is 2.21. The maximum absolute atomic E-state index is 5.44. The van der Waals surface area contributed by atoms with Crippen molar-refractivity contribution in [1.29, 1.82) is 0 Å². The summed E-state index contributed by atoms with van der Waals surface area (Å²) in [5, 5.41) is 4.05. The van der Waals surface area contributed by atoms with Crippen LogP contribution in [0.2, 0.25) is 0 Å². The molecule has 1 aliphatic heterocycles. The molecular weight excluding hydrogens is 330 g/mol. The minimum Gasteiger partial charge on any atom is -0.341 e. The van der Waals surface area contributed by atoms with Crippen LogP contribution < -0.4 is 4.90 Å². The van der Waals surface area contributed by atoms with Crippen LogP contribution >= 0.6 is 0 Å². The monoisotopic (exact) mass is 353 g/mol. The number of hydrogen-bond donors (Lipinski definition) is 0. The van der Waals surface area contributed by atoms with E-state index in [2.05, 4.69) is 30.0 Å². The van der Waals surface area contributed by atoms with E-state index in [1.54, 1.807) is 6.20 Å². The first-order valence-corrected chi connectivity index (χ1v) is 9.07. The maximum atomic E-state index is 5.44. The highest BCUT2D eigenvalue weighted by molar-refractivity contribution is 5.54. The van der Waals surface area contributed by atoms with Crippen LogP contribution in [0.3, 0.4) is 0 Å². The Morgan fingerprint density at radius 2 is 1.77 bits per heavy atom. The lowest BCUT2D eigenvalue weighted by molar-refractivity contribution is 0.341. The second kappa shape index (κ2) is 6.86. The van der Waals surface area contributed by atoms with Gasteiger partial charge in [0.2, 0.25) is 11.8 Å². The van der Waals surface area contributed by atoms with E-state index >= 15 is 0 Å². The molecule has 0 bridgehead atoms. The number of rotatable bonds is 5. The summed E-state index contributed by atoms with van der Waals surface area (Å²) in [5.41, 5.74) is 0.869. The fourth-order valence-corrected chi connectivity index (χ4v) is 3.14. The fourth-order valence-electron chi connectivity index (χ4n) is 3.14. The molecule has 3 aromatic heterocycles. The van der Waals surface area contributed by atoms with Gasteiger partial charge in [-0.2, -0.15) is 4.98 Å². The standard InChI is InChI=1S/C18H23N7O/c1-12(2)15-22-17(26-23-15)13(3)25-9-6-19-16(25)14-10-20-18(21-11-14)24-7-4-5-8-24/h6,9-13H,4-5,7-8H2,1-3H3/t13-/m1/s1. The van der Waals surface area contributed by atoms with E-state index in [1.165, 1.54) is 12.8 Å². The Hall–Kier alpha value is -2.77. The molecule has 0 unspecified atom stereocenters. The van der Waals surface area contributed by atoms with E-state index in [1.807, 2.05) is 43.9 Å². The lowest BCUT2D eigenvalue weighted by Crippen LogP contribution is -2.20. The lowest BCUT2D eigenvalue weighted by atomic mass is 10.2. The van der Waals surface area contributed by atoms with Crippen molar-refractivity contribution < 1.29 is 4.52 Å². The Kier molecular flexibility index (Phi) is 4.40. The Labute approximate surface area is 152 Å². The van der Waals surface area contributed by atoms with Crippen molar-refractivity contribution in [1.82, 2.24) is 29.7 Å². The van der Waals surface area contributed by atoms with Gasteiger partial charge >= 0.3 is 0 Å². The summed E-state index contributed by atoms with van der Waals surface area (Å²) in [5.74, 6) is 3.09. The van der Waals surface area contributed by atoms with Crippen molar-refractivity contribution in [2.24, 2.45) is 0 Å². The number of anilines is 1. The molecule has 4 rings (SSSR count). The van der Waals surface area contributed by atoms with Crippen LogP contribution in [0.1, 0.15) is 57.3 Å². The maximum Gasteiger partial charge on any atom is 0.249 e. The van der Waals surface area contributed by atoms with Crippen LogP contribution in [0.25, 0.3) is 11.4 Å². The second-order valence-electron chi connectivity index (χ2n) is 6.95. The van der Waals surface area contributed by atoms with Crippen molar-refractivity contribution in [3.05, 3.63) is 36.5 Å². The molecule has 3 aromatic rings. The van der Waals surface area contributed by atoms with Gasteiger partial charge in [-0.05, 0) is 19.8 Å². The Morgan fingerprint density at radius 3 is 2.42 bits per heavy atom. The molecule has 1 saturated heterocycles. The third-order valence-corrected chi connectivity index (χ3v) is 4.70. The van der Waals surface area contributed by atoms with Gasteiger partial charge in [-0.1, -0.05) is 19.0 Å². The van der Waals surface area contributed by atoms with Crippen LogP contribution in [0, 0.1) is 0 Å². The summed E-state index contributed by atoms with van der Waals surface area (Å²) < 4.78 is 7.45. The lowest BCUT2D eigenvalue weighted by Gasteiger charge is -2.15. The summed E-state index contributed by atoms with van der Waals surface area (Å²) in [6, 6.07) is -0.120. The Morgan fingerprint density at radius 1 is 1.04 bits per heavy atom. The van der Waals surface area contributed by atoms with Gasteiger partial charge in [0.25, 0.3) is 0 Å². The van der Waals surface area contributed by atoms with Crippen molar-refractivity contribution in [2.75, 3.05) is 18.0 Å². The summed E-state index contributed by atoms with van der Waals surface area (Å²) in [4.78, 5) is 20.3. The summed E-state index contributed by atoms with van der Waals surface area (Å²) in [6.45, 7) is 8.16. The molecule has 0 saturated carbocycles. The van der Waals surface area contributed by atoms with Crippen molar-refractivity contribution in [2.45, 2.75) is 45.6 Å². The van der Waals surface area contributed by atoms with Crippen LogP contribution in [0.4, 0.5) is 5.95 Å². The molecule has 8 nitrogen and oxygen atoms in total. The molecule has 26 heavy (non-hydrogen) atoms. The van der Waals surface area contributed by atoms with E-state index in [4.69, 9.17) is 4.52 Å². The predicted molar refractivity (Wildman–Crippen MR) is 96.9 cm³/mol. The van der Waals surface area contributed by atoms with E-state index in [0.717, 1.165) is 30.4 Å². The zero-order valence-electron chi connectivity index (χ0n) is 15.3.